The van der Waals surface area contributed by atoms with Crippen LogP contribution < -0.4 is 44.2 Å². The zero-order valence-electron chi connectivity index (χ0n) is 41.4. The highest BCUT2D eigenvalue weighted by atomic mass is 16.6. The number of nitrogens with one attached hydrogen (secondary N) is 3. The molecule has 376 valence electrons. The van der Waals surface area contributed by atoms with E-state index >= 15 is 0 Å². The molecule has 5 N–H and O–H groups in total. The number of para-hydroxylation sites is 2. The molecule has 5 heterocycles. The number of rotatable bonds is 14. The first-order valence-corrected chi connectivity index (χ1v) is 23.8. The molecule has 0 aliphatic carbocycles. The number of hydrogen-bond acceptors (Lipinski definition) is 14. The number of fused-ring (bicyclic) bond motifs is 9. The van der Waals surface area contributed by atoms with E-state index in [1.165, 1.54) is 20.3 Å². The van der Waals surface area contributed by atoms with E-state index in [4.69, 9.17) is 43.6 Å². The minimum Gasteiger partial charge on any atom is -0.493 e. The number of carbonyl (C=O) groups is 4. The predicted octanol–water partition coefficient (Wildman–Crippen LogP) is 8.01. The molecule has 0 fully saturated rings. The van der Waals surface area contributed by atoms with Gasteiger partial charge in [-0.25, -0.2) is 19.2 Å². The van der Waals surface area contributed by atoms with Crippen LogP contribution in [0.2, 0.25) is 0 Å². The van der Waals surface area contributed by atoms with Crippen LogP contribution in [0.4, 0.5) is 4.79 Å². The molecule has 0 saturated carbocycles. The maximum Gasteiger partial charge on any atom is 0.408 e. The Kier molecular flexibility index (Phi) is 12.7. The molecule has 0 saturated heterocycles. The van der Waals surface area contributed by atoms with Gasteiger partial charge in [-0.05, 0) is 97.5 Å². The second-order valence-corrected chi connectivity index (χ2v) is 19.1. The van der Waals surface area contributed by atoms with E-state index in [1.807, 2.05) is 77.8 Å². The number of H-pyrrole nitrogens is 2. The van der Waals surface area contributed by atoms with Gasteiger partial charge in [-0.3, -0.25) is 0 Å². The van der Waals surface area contributed by atoms with Crippen molar-refractivity contribution < 1.29 is 57.1 Å². The molecule has 73 heavy (non-hydrogen) atoms. The third kappa shape index (κ3) is 9.11. The van der Waals surface area contributed by atoms with Crippen molar-refractivity contribution in [3.05, 3.63) is 137 Å². The summed E-state index contributed by atoms with van der Waals surface area (Å²) in [6.45, 7) is 5.62. The smallest absolute Gasteiger partial charge is 0.408 e. The summed E-state index contributed by atoms with van der Waals surface area (Å²) in [5, 5.41) is 4.54. The summed E-state index contributed by atoms with van der Waals surface area (Å²) in [4.78, 5) is 64.3. The Balaban J connectivity index is 1.03. The Morgan fingerprint density at radius 1 is 0.740 bits per heavy atom. The first kappa shape index (κ1) is 48.2. The molecule has 2 unspecified atom stereocenters. The summed E-state index contributed by atoms with van der Waals surface area (Å²) in [7, 11) is 6.07. The number of nitrogens with zero attached hydrogens (tertiary/aromatic N) is 1. The van der Waals surface area contributed by atoms with E-state index < -0.39 is 53.6 Å². The standard InChI is InChI=1S/C56H55N5O12/c1-56(2,3)73-55(65)60-40(21-32-28-59-39-15-11-9-13-34(32)39)53(63)72-47-26-42-36(25-46(47)69-7)49-48(50-35-24-45(68-6)44(67-5)22-29(35)18-19-61(50)51(49)54(64)71-42)30-16-17-41(43(23-30)66-4)70-52(62)37(57)20-31-27-58-38-14-10-8-12-33(31)38/h8-17,22-28,37,40,49,51,58-59H,18-21,57H2,1-7H3,(H,60,65)/t37-,40-,49?,51?/m0/s1. The fourth-order valence-corrected chi connectivity index (χ4v) is 10.2. The van der Waals surface area contributed by atoms with Crippen LogP contribution in [0.25, 0.3) is 33.1 Å². The Labute approximate surface area is 420 Å². The Bertz CT molecular complexity index is 3370. The van der Waals surface area contributed by atoms with Gasteiger partial charge in [0.1, 0.15) is 29.5 Å². The zero-order valence-corrected chi connectivity index (χ0v) is 41.4. The molecule has 5 aromatic carbocycles. The van der Waals surface area contributed by atoms with E-state index in [2.05, 4.69) is 15.3 Å². The molecule has 3 aliphatic heterocycles. The topological polar surface area (TPSA) is 215 Å². The third-order valence-corrected chi connectivity index (χ3v) is 13.5. The molecule has 4 atom stereocenters. The Morgan fingerprint density at radius 2 is 1.34 bits per heavy atom. The molecule has 7 aromatic rings. The average molecular weight is 990 g/mol. The highest BCUT2D eigenvalue weighted by Crippen LogP contribution is 2.58. The largest absolute Gasteiger partial charge is 0.493 e. The lowest BCUT2D eigenvalue weighted by atomic mass is 9.81. The van der Waals surface area contributed by atoms with Gasteiger partial charge in [-0.2, -0.15) is 0 Å². The lowest BCUT2D eigenvalue weighted by Gasteiger charge is -2.37. The summed E-state index contributed by atoms with van der Waals surface area (Å²) < 4.78 is 47.1. The Hall–Kier alpha value is -8.44. The molecule has 3 aliphatic rings. The molecular weight excluding hydrogens is 935 g/mol. The number of hydrogen-bond donors (Lipinski definition) is 4. The molecule has 17 heteroatoms. The van der Waals surface area contributed by atoms with Crippen LogP contribution in [-0.4, -0.2) is 97.6 Å². The number of methoxy groups -OCH3 is 4. The van der Waals surface area contributed by atoms with Gasteiger partial charge in [0, 0.05) is 82.4 Å². The zero-order chi connectivity index (χ0) is 51.3. The monoisotopic (exact) mass is 989 g/mol. The average Bonchev–Trinajstić information content (AvgIpc) is 4.10. The van der Waals surface area contributed by atoms with Gasteiger partial charge in [0.2, 0.25) is 0 Å². The van der Waals surface area contributed by atoms with Crippen LogP contribution in [0, 0.1) is 0 Å². The van der Waals surface area contributed by atoms with E-state index in [1.54, 1.807) is 59.4 Å². The maximum atomic E-state index is 14.6. The normalized spacial score (nSPS) is 16.6. The molecule has 0 bridgehead atoms. The number of esters is 3. The van der Waals surface area contributed by atoms with Gasteiger partial charge in [0.15, 0.2) is 34.5 Å². The van der Waals surface area contributed by atoms with Crippen molar-refractivity contribution >= 4 is 57.1 Å². The first-order chi connectivity index (χ1) is 35.2. The van der Waals surface area contributed by atoms with Crippen molar-refractivity contribution in [3.8, 4) is 40.2 Å². The number of aromatic nitrogens is 2. The van der Waals surface area contributed by atoms with Gasteiger partial charge >= 0.3 is 24.0 Å². The van der Waals surface area contributed by atoms with Crippen molar-refractivity contribution in [1.29, 1.82) is 0 Å². The van der Waals surface area contributed by atoms with E-state index in [-0.39, 0.29) is 41.6 Å². The Morgan fingerprint density at radius 3 is 2.00 bits per heavy atom. The summed E-state index contributed by atoms with van der Waals surface area (Å²) in [6.07, 6.45) is 3.67. The SMILES string of the molecule is COc1cc2c(cc1OC)C1=C(c3ccc(OC(=O)[C@@H](N)Cc4c[nH]c5ccccc45)c(OC)c3)C3c4cc(OC)c(OC(=O)[C@H](Cc5c[nH]c6ccccc56)NC(=O)OC(C)(C)C)cc4OC(=O)C3N1CC2. The fourth-order valence-electron chi connectivity index (χ4n) is 10.2. The number of amides is 1. The maximum absolute atomic E-state index is 14.6. The molecule has 1 amide bonds. The second-order valence-electron chi connectivity index (χ2n) is 19.1. The van der Waals surface area contributed by atoms with Crippen molar-refractivity contribution in [2.24, 2.45) is 5.73 Å². The molecular formula is C56H55N5O12. The van der Waals surface area contributed by atoms with Crippen molar-refractivity contribution in [2.45, 2.75) is 69.7 Å². The summed E-state index contributed by atoms with van der Waals surface area (Å²) >= 11 is 0. The minimum atomic E-state index is -1.22. The van der Waals surface area contributed by atoms with E-state index in [9.17, 15) is 19.2 Å². The second kappa shape index (κ2) is 19.3. The summed E-state index contributed by atoms with van der Waals surface area (Å²) in [6, 6.07) is 24.6. The van der Waals surface area contributed by atoms with Gasteiger partial charge in [0.05, 0.1) is 28.4 Å². The highest BCUT2D eigenvalue weighted by molar-refractivity contribution is 6.04. The molecule has 0 radical (unpaired) electrons. The molecule has 0 spiro atoms. The van der Waals surface area contributed by atoms with Gasteiger partial charge in [-0.15, -0.1) is 0 Å². The number of ether oxygens (including phenoxy) is 8. The van der Waals surface area contributed by atoms with Crippen LogP contribution in [0.5, 0.6) is 40.2 Å². The molecule has 17 nitrogen and oxygen atoms in total. The van der Waals surface area contributed by atoms with Crippen LogP contribution in [0.1, 0.15) is 60.1 Å². The number of alkyl carbamates (subject to hydrolysis) is 1. The van der Waals surface area contributed by atoms with E-state index in [0.29, 0.717) is 35.6 Å². The number of nitrogens with two attached hydrogens (primary N) is 1. The van der Waals surface area contributed by atoms with Crippen molar-refractivity contribution in [3.63, 3.8) is 0 Å². The van der Waals surface area contributed by atoms with Crippen LogP contribution in [-0.2, 0) is 38.4 Å². The van der Waals surface area contributed by atoms with Crippen LogP contribution in [0.15, 0.2) is 103 Å². The van der Waals surface area contributed by atoms with Gasteiger partial charge < -0.3 is 63.8 Å². The minimum absolute atomic E-state index is 0.0461. The number of carbonyl (C=O) groups excluding carboxylic acids is 4. The molecule has 10 rings (SSSR count). The predicted molar refractivity (Wildman–Crippen MR) is 271 cm³/mol. The van der Waals surface area contributed by atoms with Crippen LogP contribution >= 0.6 is 0 Å². The van der Waals surface area contributed by atoms with Crippen molar-refractivity contribution in [1.82, 2.24) is 20.2 Å². The fraction of sp³-hybridized carbons (Fsp3) is 0.286. The first-order valence-electron chi connectivity index (χ1n) is 23.8. The van der Waals surface area contributed by atoms with Crippen LogP contribution in [0.3, 0.4) is 0 Å². The van der Waals surface area contributed by atoms with E-state index in [0.717, 1.165) is 55.3 Å². The third-order valence-electron chi connectivity index (χ3n) is 13.5. The summed E-state index contributed by atoms with van der Waals surface area (Å²) in [5.41, 5.74) is 13.5. The number of aromatic amines is 2. The lowest BCUT2D eigenvalue weighted by Crippen LogP contribution is -2.47. The summed E-state index contributed by atoms with van der Waals surface area (Å²) in [5.74, 6) is -0.984. The number of benzene rings is 5. The quantitative estimate of drug-likeness (QED) is 0.0600. The highest BCUT2D eigenvalue weighted by Gasteiger charge is 2.52. The molecule has 2 aromatic heterocycles. The van der Waals surface area contributed by atoms with Gasteiger partial charge in [-0.1, -0.05) is 42.5 Å². The van der Waals surface area contributed by atoms with Crippen molar-refractivity contribution in [2.75, 3.05) is 35.0 Å². The lowest BCUT2D eigenvalue weighted by molar-refractivity contribution is -0.140. The van der Waals surface area contributed by atoms with Gasteiger partial charge in [0.25, 0.3) is 0 Å².